The fourth-order valence-electron chi connectivity index (χ4n) is 2.43. The molecule has 5 nitrogen and oxygen atoms in total. The Bertz CT molecular complexity index is 438. The molecule has 0 spiro atoms. The van der Waals surface area contributed by atoms with Gasteiger partial charge in [0, 0.05) is 45.2 Å². The Morgan fingerprint density at radius 1 is 1.17 bits per heavy atom. The zero-order chi connectivity index (χ0) is 15.1. The predicted octanol–water partition coefficient (Wildman–Crippen LogP) is 1.79. The summed E-state index contributed by atoms with van der Waals surface area (Å²) in [6.45, 7) is 6.83. The number of carbonyl (C=O) groups is 1. The van der Waals surface area contributed by atoms with E-state index in [1.54, 1.807) is 0 Å². The number of nitrogens with zero attached hydrogens (tertiary/aromatic N) is 2. The standard InChI is InChI=1S/C16H25N3O2.2ClH/c1-14(17)13-16(20)19-9-7-18(8-10-19)11-12-21-15-5-3-2-4-6-15;;/h2-6,14H,7-13,17H2,1H3;2*1H. The summed E-state index contributed by atoms with van der Waals surface area (Å²) in [6.07, 6.45) is 0.442. The first-order valence-corrected chi connectivity index (χ1v) is 7.58. The molecule has 2 N–H and O–H groups in total. The van der Waals surface area contributed by atoms with Gasteiger partial charge in [0.1, 0.15) is 12.4 Å². The van der Waals surface area contributed by atoms with Gasteiger partial charge in [-0.3, -0.25) is 9.69 Å². The number of carbonyl (C=O) groups excluding carboxylic acids is 1. The zero-order valence-electron chi connectivity index (χ0n) is 13.5. The van der Waals surface area contributed by atoms with E-state index >= 15 is 0 Å². The molecule has 132 valence electrons. The Morgan fingerprint density at radius 3 is 2.35 bits per heavy atom. The summed E-state index contributed by atoms with van der Waals surface area (Å²) in [6, 6.07) is 9.78. The van der Waals surface area contributed by atoms with Gasteiger partial charge in [-0.1, -0.05) is 18.2 Å². The second kappa shape index (κ2) is 11.5. The van der Waals surface area contributed by atoms with E-state index < -0.39 is 0 Å². The summed E-state index contributed by atoms with van der Waals surface area (Å²) in [5.41, 5.74) is 5.67. The molecule has 1 atom stereocenters. The van der Waals surface area contributed by atoms with Crippen LogP contribution in [0.15, 0.2) is 30.3 Å². The number of nitrogens with two attached hydrogens (primary N) is 1. The highest BCUT2D eigenvalue weighted by Gasteiger charge is 2.21. The number of amides is 1. The summed E-state index contributed by atoms with van der Waals surface area (Å²) in [7, 11) is 0. The van der Waals surface area contributed by atoms with Crippen LogP contribution in [0, 0.1) is 0 Å². The first kappa shape index (κ1) is 22.0. The summed E-state index contributed by atoms with van der Waals surface area (Å²) in [5, 5.41) is 0. The van der Waals surface area contributed by atoms with Crippen molar-refractivity contribution in [2.45, 2.75) is 19.4 Å². The van der Waals surface area contributed by atoms with E-state index in [0.29, 0.717) is 13.0 Å². The minimum absolute atomic E-state index is 0. The van der Waals surface area contributed by atoms with Crippen LogP contribution in [-0.2, 0) is 4.79 Å². The minimum Gasteiger partial charge on any atom is -0.492 e. The molecular weight excluding hydrogens is 337 g/mol. The molecule has 1 fully saturated rings. The van der Waals surface area contributed by atoms with Crippen molar-refractivity contribution in [3.05, 3.63) is 30.3 Å². The van der Waals surface area contributed by atoms with Gasteiger partial charge in [0.15, 0.2) is 0 Å². The van der Waals surface area contributed by atoms with Gasteiger partial charge in [0.2, 0.25) is 5.91 Å². The molecule has 1 aliphatic heterocycles. The van der Waals surface area contributed by atoms with E-state index in [4.69, 9.17) is 10.5 Å². The SMILES string of the molecule is CC(N)CC(=O)N1CCN(CCOc2ccccc2)CC1.Cl.Cl. The van der Waals surface area contributed by atoms with Crippen molar-refractivity contribution in [1.82, 2.24) is 9.80 Å². The quantitative estimate of drug-likeness (QED) is 0.836. The first-order chi connectivity index (χ1) is 10.1. The maximum atomic E-state index is 11.9. The summed E-state index contributed by atoms with van der Waals surface area (Å²) < 4.78 is 5.70. The molecule has 1 heterocycles. The van der Waals surface area contributed by atoms with E-state index in [9.17, 15) is 4.79 Å². The lowest BCUT2D eigenvalue weighted by molar-refractivity contribution is -0.133. The maximum Gasteiger partial charge on any atom is 0.224 e. The Balaban J connectivity index is 0.00000242. The van der Waals surface area contributed by atoms with E-state index in [1.807, 2.05) is 42.2 Å². The van der Waals surface area contributed by atoms with Crippen molar-refractivity contribution in [1.29, 1.82) is 0 Å². The number of halogens is 2. The topological polar surface area (TPSA) is 58.8 Å². The number of rotatable bonds is 6. The molecule has 23 heavy (non-hydrogen) atoms. The molecule has 0 saturated carbocycles. The highest BCUT2D eigenvalue weighted by atomic mass is 35.5. The lowest BCUT2D eigenvalue weighted by Gasteiger charge is -2.35. The van der Waals surface area contributed by atoms with Crippen LogP contribution in [0.4, 0.5) is 0 Å². The molecule has 7 heteroatoms. The van der Waals surface area contributed by atoms with Gasteiger partial charge >= 0.3 is 0 Å². The second-order valence-electron chi connectivity index (χ2n) is 5.57. The number of ether oxygens (including phenoxy) is 1. The molecular formula is C16H27Cl2N3O2. The van der Waals surface area contributed by atoms with Crippen LogP contribution in [0.5, 0.6) is 5.75 Å². The fraction of sp³-hybridized carbons (Fsp3) is 0.562. The largest absolute Gasteiger partial charge is 0.492 e. The average Bonchev–Trinajstić information content (AvgIpc) is 2.48. The number of benzene rings is 1. The van der Waals surface area contributed by atoms with Gasteiger partial charge in [-0.2, -0.15) is 0 Å². The van der Waals surface area contributed by atoms with Crippen molar-refractivity contribution in [2.75, 3.05) is 39.3 Å². The van der Waals surface area contributed by atoms with Crippen LogP contribution in [0.3, 0.4) is 0 Å². The number of hydrogen-bond donors (Lipinski definition) is 1. The lowest BCUT2D eigenvalue weighted by atomic mass is 10.2. The van der Waals surface area contributed by atoms with Crippen LogP contribution < -0.4 is 10.5 Å². The van der Waals surface area contributed by atoms with Gasteiger partial charge in [0.05, 0.1) is 0 Å². The van der Waals surface area contributed by atoms with Crippen LogP contribution >= 0.6 is 24.8 Å². The van der Waals surface area contributed by atoms with Crippen molar-refractivity contribution in [3.8, 4) is 5.75 Å². The number of hydrogen-bond acceptors (Lipinski definition) is 4. The van der Waals surface area contributed by atoms with Crippen molar-refractivity contribution < 1.29 is 9.53 Å². The summed E-state index contributed by atoms with van der Waals surface area (Å²) in [5.74, 6) is 1.08. The van der Waals surface area contributed by atoms with Crippen LogP contribution in [-0.4, -0.2) is 61.1 Å². The van der Waals surface area contributed by atoms with E-state index in [1.165, 1.54) is 0 Å². The third kappa shape index (κ3) is 7.88. The molecule has 1 aromatic carbocycles. The van der Waals surface area contributed by atoms with Gasteiger partial charge < -0.3 is 15.4 Å². The molecule has 1 aromatic rings. The van der Waals surface area contributed by atoms with E-state index in [2.05, 4.69) is 4.90 Å². The molecule has 1 aliphatic rings. The molecule has 0 aromatic heterocycles. The molecule has 1 unspecified atom stereocenters. The molecule has 0 radical (unpaired) electrons. The summed E-state index contributed by atoms with van der Waals surface area (Å²) in [4.78, 5) is 16.2. The van der Waals surface area contributed by atoms with Gasteiger partial charge in [-0.05, 0) is 19.1 Å². The van der Waals surface area contributed by atoms with Crippen LogP contribution in [0.2, 0.25) is 0 Å². The zero-order valence-corrected chi connectivity index (χ0v) is 15.2. The Morgan fingerprint density at radius 2 is 1.78 bits per heavy atom. The lowest BCUT2D eigenvalue weighted by Crippen LogP contribution is -2.50. The van der Waals surface area contributed by atoms with Crippen molar-refractivity contribution in [2.24, 2.45) is 5.73 Å². The minimum atomic E-state index is -0.0604. The van der Waals surface area contributed by atoms with Crippen molar-refractivity contribution in [3.63, 3.8) is 0 Å². The first-order valence-electron chi connectivity index (χ1n) is 7.58. The highest BCUT2D eigenvalue weighted by Crippen LogP contribution is 2.09. The molecule has 0 bridgehead atoms. The molecule has 1 saturated heterocycles. The fourth-order valence-corrected chi connectivity index (χ4v) is 2.43. The Kier molecular flexibility index (Phi) is 11.0. The van der Waals surface area contributed by atoms with E-state index in [0.717, 1.165) is 38.5 Å². The number of piperazine rings is 1. The normalized spacial score (nSPS) is 16.0. The summed E-state index contributed by atoms with van der Waals surface area (Å²) >= 11 is 0. The van der Waals surface area contributed by atoms with Crippen LogP contribution in [0.25, 0.3) is 0 Å². The second-order valence-corrected chi connectivity index (χ2v) is 5.57. The van der Waals surface area contributed by atoms with E-state index in [-0.39, 0.29) is 36.8 Å². The van der Waals surface area contributed by atoms with Gasteiger partial charge in [-0.15, -0.1) is 24.8 Å². The Labute approximate surface area is 151 Å². The monoisotopic (exact) mass is 363 g/mol. The smallest absolute Gasteiger partial charge is 0.224 e. The van der Waals surface area contributed by atoms with Gasteiger partial charge in [-0.25, -0.2) is 0 Å². The van der Waals surface area contributed by atoms with Gasteiger partial charge in [0.25, 0.3) is 0 Å². The molecule has 0 aliphatic carbocycles. The maximum absolute atomic E-state index is 11.9. The van der Waals surface area contributed by atoms with Crippen molar-refractivity contribution >= 4 is 30.7 Å². The third-order valence-corrected chi connectivity index (χ3v) is 3.64. The number of para-hydroxylation sites is 1. The molecule has 2 rings (SSSR count). The van der Waals surface area contributed by atoms with Crippen LogP contribution in [0.1, 0.15) is 13.3 Å². The average molecular weight is 364 g/mol. The Hall–Kier alpha value is -1.01. The predicted molar refractivity (Wildman–Crippen MR) is 97.7 cm³/mol. The third-order valence-electron chi connectivity index (χ3n) is 3.64. The molecule has 1 amide bonds. The highest BCUT2D eigenvalue weighted by molar-refractivity contribution is 5.85.